The normalized spacial score (nSPS) is 10.9. The van der Waals surface area contributed by atoms with Gasteiger partial charge in [-0.25, -0.2) is 4.39 Å². The first-order chi connectivity index (χ1) is 8.25. The van der Waals surface area contributed by atoms with Gasteiger partial charge in [-0.1, -0.05) is 0 Å². The quantitative estimate of drug-likeness (QED) is 0.662. The summed E-state index contributed by atoms with van der Waals surface area (Å²) in [7, 11) is 0. The predicted molar refractivity (Wildman–Crippen MR) is 60.3 cm³/mol. The highest BCUT2D eigenvalue weighted by atomic mass is 19.1. The van der Waals surface area contributed by atoms with Gasteiger partial charge in [0.15, 0.2) is 5.78 Å². The van der Waals surface area contributed by atoms with Gasteiger partial charge in [-0.2, -0.15) is 5.10 Å². The molecule has 2 aromatic heterocycles. The summed E-state index contributed by atoms with van der Waals surface area (Å²) in [6.07, 6.45) is 4.58. The number of halogens is 1. The fourth-order valence-electron chi connectivity index (χ4n) is 1.82. The zero-order valence-electron chi connectivity index (χ0n) is 8.70. The number of H-pyrrole nitrogens is 2. The van der Waals surface area contributed by atoms with Gasteiger partial charge in [0.25, 0.3) is 0 Å². The van der Waals surface area contributed by atoms with E-state index in [9.17, 15) is 9.18 Å². The van der Waals surface area contributed by atoms with Crippen molar-refractivity contribution >= 4 is 16.7 Å². The zero-order valence-corrected chi connectivity index (χ0v) is 8.70. The van der Waals surface area contributed by atoms with Gasteiger partial charge in [0.2, 0.25) is 0 Å². The molecule has 0 fully saturated rings. The molecular formula is C12H8FN3O. The Bertz CT molecular complexity index is 685. The predicted octanol–water partition coefficient (Wildman–Crippen LogP) is 2.26. The fourth-order valence-corrected chi connectivity index (χ4v) is 1.82. The number of carbonyl (C=O) groups is 1. The molecule has 0 bridgehead atoms. The van der Waals surface area contributed by atoms with E-state index in [1.54, 1.807) is 12.3 Å². The lowest BCUT2D eigenvalue weighted by molar-refractivity contribution is 0.104. The highest BCUT2D eigenvalue weighted by molar-refractivity contribution is 6.16. The van der Waals surface area contributed by atoms with Gasteiger partial charge in [0, 0.05) is 28.9 Å². The van der Waals surface area contributed by atoms with E-state index in [0.717, 1.165) is 0 Å². The molecule has 0 spiro atoms. The summed E-state index contributed by atoms with van der Waals surface area (Å²) < 4.78 is 13.0. The van der Waals surface area contributed by atoms with Crippen LogP contribution in [0.15, 0.2) is 36.8 Å². The third kappa shape index (κ3) is 1.52. The summed E-state index contributed by atoms with van der Waals surface area (Å²) in [5.74, 6) is -0.474. The summed E-state index contributed by atoms with van der Waals surface area (Å²) in [6, 6.07) is 4.29. The third-order valence-corrected chi connectivity index (χ3v) is 2.65. The Kier molecular flexibility index (Phi) is 2.04. The highest BCUT2D eigenvalue weighted by Crippen LogP contribution is 2.21. The highest BCUT2D eigenvalue weighted by Gasteiger charge is 2.14. The summed E-state index contributed by atoms with van der Waals surface area (Å²) >= 11 is 0. The molecule has 4 nitrogen and oxygen atoms in total. The molecule has 84 valence electrons. The number of nitrogens with one attached hydrogen (secondary N) is 2. The SMILES string of the molecule is O=C(c1cn[nH]c1)c1c[nH]c2cc(F)ccc12. The van der Waals surface area contributed by atoms with Gasteiger partial charge in [-0.15, -0.1) is 0 Å². The number of ketones is 1. The lowest BCUT2D eigenvalue weighted by Crippen LogP contribution is -1.98. The van der Waals surface area contributed by atoms with Crippen LogP contribution in [0.5, 0.6) is 0 Å². The van der Waals surface area contributed by atoms with Crippen LogP contribution in [-0.2, 0) is 0 Å². The summed E-state index contributed by atoms with van der Waals surface area (Å²) in [6.45, 7) is 0. The van der Waals surface area contributed by atoms with Crippen LogP contribution >= 0.6 is 0 Å². The molecule has 0 aliphatic carbocycles. The molecular weight excluding hydrogens is 221 g/mol. The van der Waals surface area contributed by atoms with Crippen molar-refractivity contribution < 1.29 is 9.18 Å². The van der Waals surface area contributed by atoms with E-state index in [2.05, 4.69) is 15.2 Å². The first-order valence-electron chi connectivity index (χ1n) is 5.06. The zero-order chi connectivity index (χ0) is 11.8. The molecule has 0 saturated carbocycles. The van der Waals surface area contributed by atoms with Crippen molar-refractivity contribution in [3.63, 3.8) is 0 Å². The molecule has 0 aliphatic heterocycles. The number of rotatable bonds is 2. The molecule has 0 atom stereocenters. The van der Waals surface area contributed by atoms with Crippen LogP contribution in [0.25, 0.3) is 10.9 Å². The third-order valence-electron chi connectivity index (χ3n) is 2.65. The largest absolute Gasteiger partial charge is 0.360 e. The van der Waals surface area contributed by atoms with Gasteiger partial charge in [0.05, 0.1) is 11.8 Å². The van der Waals surface area contributed by atoms with Gasteiger partial charge in [-0.05, 0) is 18.2 Å². The number of hydrogen-bond donors (Lipinski definition) is 2. The topological polar surface area (TPSA) is 61.5 Å². The van der Waals surface area contributed by atoms with Gasteiger partial charge < -0.3 is 4.98 Å². The average molecular weight is 229 g/mol. The van der Waals surface area contributed by atoms with Gasteiger partial charge >= 0.3 is 0 Å². The number of benzene rings is 1. The maximum Gasteiger partial charge on any atom is 0.198 e. The molecule has 0 saturated heterocycles. The molecule has 2 heterocycles. The minimum absolute atomic E-state index is 0.142. The number of nitrogens with zero attached hydrogens (tertiary/aromatic N) is 1. The molecule has 1 aromatic carbocycles. The molecule has 2 N–H and O–H groups in total. The molecule has 17 heavy (non-hydrogen) atoms. The Labute approximate surface area is 95.5 Å². The Balaban J connectivity index is 2.15. The molecule has 3 aromatic rings. The number of fused-ring (bicyclic) bond motifs is 1. The van der Waals surface area contributed by atoms with Crippen LogP contribution in [0.3, 0.4) is 0 Å². The first-order valence-corrected chi connectivity index (χ1v) is 5.06. The molecule has 0 unspecified atom stereocenters. The van der Waals surface area contributed by atoms with Crippen molar-refractivity contribution in [3.05, 3.63) is 53.7 Å². The van der Waals surface area contributed by atoms with E-state index in [0.29, 0.717) is 22.0 Å². The Morgan fingerprint density at radius 1 is 1.29 bits per heavy atom. The van der Waals surface area contributed by atoms with Crippen molar-refractivity contribution in [1.82, 2.24) is 15.2 Å². The van der Waals surface area contributed by atoms with E-state index in [1.165, 1.54) is 24.5 Å². The number of carbonyl (C=O) groups excluding carboxylic acids is 1. The molecule has 0 radical (unpaired) electrons. The smallest absolute Gasteiger partial charge is 0.198 e. The van der Waals surface area contributed by atoms with Gasteiger partial charge in [-0.3, -0.25) is 9.89 Å². The van der Waals surface area contributed by atoms with Crippen LogP contribution in [0.2, 0.25) is 0 Å². The van der Waals surface area contributed by atoms with E-state index in [1.807, 2.05) is 0 Å². The summed E-state index contributed by atoms with van der Waals surface area (Å²) in [5, 5.41) is 7.03. The second-order valence-corrected chi connectivity index (χ2v) is 3.71. The number of aromatic nitrogens is 3. The summed E-state index contributed by atoms with van der Waals surface area (Å²) in [5.41, 5.74) is 1.61. The van der Waals surface area contributed by atoms with Crippen LogP contribution in [0.4, 0.5) is 4.39 Å². The van der Waals surface area contributed by atoms with Crippen LogP contribution in [-0.4, -0.2) is 21.0 Å². The second kappa shape index (κ2) is 3.55. The van der Waals surface area contributed by atoms with Crippen molar-refractivity contribution in [3.8, 4) is 0 Å². The van der Waals surface area contributed by atoms with Crippen LogP contribution < -0.4 is 0 Å². The second-order valence-electron chi connectivity index (χ2n) is 3.71. The van der Waals surface area contributed by atoms with Crippen molar-refractivity contribution in [2.75, 3.05) is 0 Å². The van der Waals surface area contributed by atoms with Crippen LogP contribution in [0, 0.1) is 5.82 Å². The minimum Gasteiger partial charge on any atom is -0.360 e. The Hall–Kier alpha value is -2.43. The monoisotopic (exact) mass is 229 g/mol. The van der Waals surface area contributed by atoms with Crippen LogP contribution in [0.1, 0.15) is 15.9 Å². The standard InChI is InChI=1S/C12H8FN3O/c13-8-1-2-9-10(6-14-11(9)3-8)12(17)7-4-15-16-5-7/h1-6,14H,(H,15,16). The molecule has 0 aliphatic rings. The van der Waals surface area contributed by atoms with Crippen molar-refractivity contribution in [1.29, 1.82) is 0 Å². The fraction of sp³-hybridized carbons (Fsp3) is 0. The number of hydrogen-bond acceptors (Lipinski definition) is 2. The van der Waals surface area contributed by atoms with E-state index >= 15 is 0 Å². The van der Waals surface area contributed by atoms with E-state index < -0.39 is 0 Å². The summed E-state index contributed by atoms with van der Waals surface area (Å²) in [4.78, 5) is 15.0. The lowest BCUT2D eigenvalue weighted by Gasteiger charge is -1.95. The minimum atomic E-state index is -0.332. The first kappa shape index (κ1) is 9.77. The number of aromatic amines is 2. The molecule has 3 rings (SSSR count). The Morgan fingerprint density at radius 3 is 2.94 bits per heavy atom. The lowest BCUT2D eigenvalue weighted by atomic mass is 10.1. The maximum atomic E-state index is 13.0. The average Bonchev–Trinajstić information content (AvgIpc) is 2.96. The van der Waals surface area contributed by atoms with Crippen molar-refractivity contribution in [2.24, 2.45) is 0 Å². The maximum absolute atomic E-state index is 13.0. The van der Waals surface area contributed by atoms with E-state index in [4.69, 9.17) is 0 Å². The van der Waals surface area contributed by atoms with Crippen molar-refractivity contribution in [2.45, 2.75) is 0 Å². The molecule has 0 amide bonds. The van der Waals surface area contributed by atoms with Gasteiger partial charge in [0.1, 0.15) is 5.82 Å². The Morgan fingerprint density at radius 2 is 2.18 bits per heavy atom. The van der Waals surface area contributed by atoms with E-state index in [-0.39, 0.29) is 11.6 Å². The molecule has 5 heteroatoms.